The summed E-state index contributed by atoms with van der Waals surface area (Å²) in [7, 11) is 0. The van der Waals surface area contributed by atoms with Gasteiger partial charge in [-0.2, -0.15) is 0 Å². The van der Waals surface area contributed by atoms with E-state index in [1.165, 1.54) is 6.08 Å². The Morgan fingerprint density at radius 1 is 1.60 bits per heavy atom. The molecule has 1 rings (SSSR count). The molecule has 0 spiro atoms. The normalized spacial score (nSPS) is 10.5. The Morgan fingerprint density at radius 3 is 2.93 bits per heavy atom. The fraction of sp³-hybridized carbons (Fsp3) is 0.200. The van der Waals surface area contributed by atoms with Crippen molar-refractivity contribution in [1.29, 1.82) is 0 Å². The van der Waals surface area contributed by atoms with E-state index >= 15 is 0 Å². The molecule has 0 fully saturated rings. The summed E-state index contributed by atoms with van der Waals surface area (Å²) in [5, 5.41) is 10.7. The Balaban J connectivity index is 3.01. The zero-order valence-corrected chi connectivity index (χ0v) is 8.90. The van der Waals surface area contributed by atoms with Crippen molar-refractivity contribution in [2.45, 2.75) is 6.92 Å². The smallest absolute Gasteiger partial charge is 0.235 e. The summed E-state index contributed by atoms with van der Waals surface area (Å²) in [5.74, 6) is 0.583. The molecule has 0 radical (unpaired) electrons. The minimum Gasteiger partial charge on any atom is -0.493 e. The molecular formula is C10H10ClNO3. The second kappa shape index (κ2) is 5.36. The number of benzene rings is 1. The monoisotopic (exact) mass is 227 g/mol. The number of rotatable bonds is 4. The summed E-state index contributed by atoms with van der Waals surface area (Å²) < 4.78 is 5.29. The van der Waals surface area contributed by atoms with Crippen molar-refractivity contribution < 1.29 is 9.66 Å². The van der Waals surface area contributed by atoms with Crippen LogP contribution in [0.2, 0.25) is 5.02 Å². The lowest BCUT2D eigenvalue weighted by atomic mass is 10.2. The average Bonchev–Trinajstić information content (AvgIpc) is 2.18. The van der Waals surface area contributed by atoms with Gasteiger partial charge >= 0.3 is 0 Å². The van der Waals surface area contributed by atoms with Crippen LogP contribution in [-0.2, 0) is 0 Å². The minimum atomic E-state index is -0.531. The number of nitrogens with zero attached hydrogens (tertiary/aromatic N) is 1. The van der Waals surface area contributed by atoms with Gasteiger partial charge in [-0.25, -0.2) is 0 Å². The molecule has 0 saturated heterocycles. The maximum atomic E-state index is 10.2. The summed E-state index contributed by atoms with van der Waals surface area (Å²) in [6, 6.07) is 4.98. The first-order chi connectivity index (χ1) is 7.13. The molecule has 80 valence electrons. The average molecular weight is 228 g/mol. The van der Waals surface area contributed by atoms with Crippen LogP contribution in [0.1, 0.15) is 12.5 Å². The van der Waals surface area contributed by atoms with Crippen LogP contribution in [0.25, 0.3) is 6.08 Å². The largest absolute Gasteiger partial charge is 0.493 e. The van der Waals surface area contributed by atoms with Crippen LogP contribution in [0.4, 0.5) is 0 Å². The molecule has 4 nitrogen and oxygen atoms in total. The van der Waals surface area contributed by atoms with E-state index in [9.17, 15) is 10.1 Å². The summed E-state index contributed by atoms with van der Waals surface area (Å²) in [5.41, 5.74) is 0.598. The molecule has 0 N–H and O–H groups in total. The minimum absolute atomic E-state index is 0.501. The topological polar surface area (TPSA) is 52.4 Å². The first kappa shape index (κ1) is 11.5. The fourth-order valence-electron chi connectivity index (χ4n) is 1.08. The van der Waals surface area contributed by atoms with Crippen molar-refractivity contribution in [3.63, 3.8) is 0 Å². The van der Waals surface area contributed by atoms with E-state index in [1.807, 2.05) is 6.92 Å². The van der Waals surface area contributed by atoms with Gasteiger partial charge in [0.1, 0.15) is 5.75 Å². The van der Waals surface area contributed by atoms with Gasteiger partial charge in [-0.05, 0) is 25.1 Å². The Bertz CT molecular complexity index is 390. The highest BCUT2D eigenvalue weighted by Gasteiger charge is 2.02. The number of ether oxygens (including phenoxy) is 1. The van der Waals surface area contributed by atoms with E-state index in [2.05, 4.69) is 0 Å². The first-order valence-electron chi connectivity index (χ1n) is 4.37. The summed E-state index contributed by atoms with van der Waals surface area (Å²) in [4.78, 5) is 9.64. The maximum Gasteiger partial charge on any atom is 0.235 e. The number of nitro groups is 1. The van der Waals surface area contributed by atoms with Crippen LogP contribution in [0.15, 0.2) is 24.4 Å². The lowest BCUT2D eigenvalue weighted by Gasteiger charge is -2.06. The zero-order chi connectivity index (χ0) is 11.3. The van der Waals surface area contributed by atoms with E-state index in [-0.39, 0.29) is 0 Å². The van der Waals surface area contributed by atoms with Crippen LogP contribution in [-0.4, -0.2) is 11.5 Å². The van der Waals surface area contributed by atoms with Gasteiger partial charge < -0.3 is 4.74 Å². The molecular weight excluding hydrogens is 218 g/mol. The highest BCUT2D eigenvalue weighted by molar-refractivity contribution is 6.30. The first-order valence-corrected chi connectivity index (χ1v) is 4.75. The molecule has 0 heterocycles. The summed E-state index contributed by atoms with van der Waals surface area (Å²) in [6.07, 6.45) is 2.21. The third kappa shape index (κ3) is 3.59. The predicted molar refractivity (Wildman–Crippen MR) is 58.6 cm³/mol. The van der Waals surface area contributed by atoms with Crippen LogP contribution >= 0.6 is 11.6 Å². The van der Waals surface area contributed by atoms with E-state index in [0.29, 0.717) is 22.9 Å². The molecule has 0 amide bonds. The van der Waals surface area contributed by atoms with Gasteiger partial charge in [-0.1, -0.05) is 11.6 Å². The van der Waals surface area contributed by atoms with Crippen molar-refractivity contribution in [1.82, 2.24) is 0 Å². The van der Waals surface area contributed by atoms with Crippen molar-refractivity contribution >= 4 is 17.7 Å². The number of halogens is 1. The van der Waals surface area contributed by atoms with Gasteiger partial charge in [0.2, 0.25) is 6.20 Å². The Hall–Kier alpha value is -1.55. The van der Waals surface area contributed by atoms with Crippen LogP contribution in [0.5, 0.6) is 5.75 Å². The van der Waals surface area contributed by atoms with E-state index in [4.69, 9.17) is 16.3 Å². The van der Waals surface area contributed by atoms with Gasteiger partial charge in [-0.3, -0.25) is 10.1 Å². The van der Waals surface area contributed by atoms with E-state index in [1.54, 1.807) is 18.2 Å². The van der Waals surface area contributed by atoms with Gasteiger partial charge in [0.15, 0.2) is 0 Å². The molecule has 0 bridgehead atoms. The van der Waals surface area contributed by atoms with Crippen molar-refractivity contribution in [3.05, 3.63) is 45.1 Å². The predicted octanol–water partition coefficient (Wildman–Crippen LogP) is 2.99. The third-order valence-corrected chi connectivity index (χ3v) is 1.88. The Morgan fingerprint density at radius 2 is 2.33 bits per heavy atom. The SMILES string of the molecule is CCOc1ccc(Cl)cc1/C=C\[N+](=O)[O-]. The maximum absolute atomic E-state index is 10.2. The molecule has 5 heteroatoms. The lowest BCUT2D eigenvalue weighted by molar-refractivity contribution is -0.400. The summed E-state index contributed by atoms with van der Waals surface area (Å²) in [6.45, 7) is 2.34. The number of hydrogen-bond donors (Lipinski definition) is 0. The second-order valence-corrected chi connectivity index (χ2v) is 3.15. The van der Waals surface area contributed by atoms with Crippen LogP contribution in [0, 0.1) is 10.1 Å². The Kier molecular flexibility index (Phi) is 4.12. The molecule has 1 aromatic carbocycles. The fourth-order valence-corrected chi connectivity index (χ4v) is 1.26. The zero-order valence-electron chi connectivity index (χ0n) is 8.14. The van der Waals surface area contributed by atoms with Gasteiger partial charge in [0.05, 0.1) is 11.5 Å². The molecule has 0 aliphatic carbocycles. The second-order valence-electron chi connectivity index (χ2n) is 2.72. The Labute approximate surface area is 92.3 Å². The van der Waals surface area contributed by atoms with Crippen LogP contribution < -0.4 is 4.74 Å². The summed E-state index contributed by atoms with van der Waals surface area (Å²) >= 11 is 5.77. The highest BCUT2D eigenvalue weighted by atomic mass is 35.5. The van der Waals surface area contributed by atoms with Crippen molar-refractivity contribution in [2.24, 2.45) is 0 Å². The van der Waals surface area contributed by atoms with Gasteiger partial charge in [0.25, 0.3) is 0 Å². The molecule has 0 saturated carbocycles. The van der Waals surface area contributed by atoms with Crippen molar-refractivity contribution in [3.8, 4) is 5.75 Å². The highest BCUT2D eigenvalue weighted by Crippen LogP contribution is 2.24. The lowest BCUT2D eigenvalue weighted by Crippen LogP contribution is -1.94. The van der Waals surface area contributed by atoms with Gasteiger partial charge in [0, 0.05) is 16.7 Å². The number of hydrogen-bond acceptors (Lipinski definition) is 3. The molecule has 0 aliphatic rings. The molecule has 0 aliphatic heterocycles. The van der Waals surface area contributed by atoms with Gasteiger partial charge in [-0.15, -0.1) is 0 Å². The third-order valence-electron chi connectivity index (χ3n) is 1.65. The quantitative estimate of drug-likeness (QED) is 0.587. The van der Waals surface area contributed by atoms with E-state index in [0.717, 1.165) is 6.20 Å². The standard InChI is InChI=1S/C10H10ClNO3/c1-2-15-10-4-3-9(11)7-8(10)5-6-12(13)14/h3-7H,2H2,1H3/b6-5-. The molecule has 0 aromatic heterocycles. The van der Waals surface area contributed by atoms with Crippen molar-refractivity contribution in [2.75, 3.05) is 6.61 Å². The van der Waals surface area contributed by atoms with Crippen LogP contribution in [0.3, 0.4) is 0 Å². The molecule has 15 heavy (non-hydrogen) atoms. The van der Waals surface area contributed by atoms with E-state index < -0.39 is 4.92 Å². The molecule has 1 aromatic rings. The molecule has 0 unspecified atom stereocenters. The molecule has 0 atom stereocenters.